The second kappa shape index (κ2) is 3.77. The molecule has 2 rings (SSSR count). The fourth-order valence-electron chi connectivity index (χ4n) is 2.34. The zero-order chi connectivity index (χ0) is 10.2. The van der Waals surface area contributed by atoms with Crippen LogP contribution in [-0.2, 0) is 9.47 Å². The van der Waals surface area contributed by atoms with Gasteiger partial charge in [0.15, 0.2) is 5.79 Å². The summed E-state index contributed by atoms with van der Waals surface area (Å²) in [4.78, 5) is 0. The lowest BCUT2D eigenvalue weighted by Gasteiger charge is -2.47. The number of rotatable bonds is 0. The van der Waals surface area contributed by atoms with Gasteiger partial charge in [0.2, 0.25) is 0 Å². The van der Waals surface area contributed by atoms with Gasteiger partial charge in [0.25, 0.3) is 0 Å². The molecule has 0 aliphatic carbocycles. The molecule has 14 heavy (non-hydrogen) atoms. The lowest BCUT2D eigenvalue weighted by molar-refractivity contribution is -0.349. The third kappa shape index (κ3) is 1.67. The first-order valence-electron chi connectivity index (χ1n) is 5.32. The molecule has 4 heteroatoms. The Morgan fingerprint density at radius 1 is 1.29 bits per heavy atom. The van der Waals surface area contributed by atoms with Gasteiger partial charge in [0.05, 0.1) is 18.8 Å². The fraction of sp³-hybridized carbons (Fsp3) is 1.00. The molecule has 2 aliphatic rings. The summed E-state index contributed by atoms with van der Waals surface area (Å²) in [5.41, 5.74) is 0. The van der Waals surface area contributed by atoms with Crippen molar-refractivity contribution in [2.45, 2.75) is 56.7 Å². The average Bonchev–Trinajstić information content (AvgIpc) is 2.15. The molecule has 0 saturated carbocycles. The molecule has 0 bridgehead atoms. The van der Waals surface area contributed by atoms with Crippen molar-refractivity contribution in [2.75, 3.05) is 6.61 Å². The summed E-state index contributed by atoms with van der Waals surface area (Å²) in [5, 5.41) is 19.5. The molecule has 0 unspecified atom stereocenters. The van der Waals surface area contributed by atoms with Gasteiger partial charge in [0, 0.05) is 12.8 Å². The SMILES string of the molecule is C[C@@H]1C[C@@H](O)[C@@H](O)[C@]2(CCCCO2)O1. The number of aliphatic hydroxyl groups excluding tert-OH is 2. The lowest BCUT2D eigenvalue weighted by atomic mass is 9.90. The normalized spacial score (nSPS) is 49.5. The molecular weight excluding hydrogens is 184 g/mol. The summed E-state index contributed by atoms with van der Waals surface area (Å²) in [6.07, 6.45) is 1.46. The molecule has 0 aromatic heterocycles. The Balaban J connectivity index is 2.13. The highest BCUT2D eigenvalue weighted by atomic mass is 16.7. The Morgan fingerprint density at radius 3 is 2.71 bits per heavy atom. The van der Waals surface area contributed by atoms with Crippen molar-refractivity contribution >= 4 is 0 Å². The average molecular weight is 202 g/mol. The van der Waals surface area contributed by atoms with Crippen LogP contribution < -0.4 is 0 Å². The first kappa shape index (κ1) is 10.4. The monoisotopic (exact) mass is 202 g/mol. The Kier molecular flexibility index (Phi) is 2.79. The second-order valence-corrected chi connectivity index (χ2v) is 4.29. The first-order valence-corrected chi connectivity index (χ1v) is 5.32. The highest BCUT2D eigenvalue weighted by Crippen LogP contribution is 2.37. The van der Waals surface area contributed by atoms with E-state index in [9.17, 15) is 10.2 Å². The molecule has 4 nitrogen and oxygen atoms in total. The maximum absolute atomic E-state index is 9.87. The Labute approximate surface area is 83.8 Å². The predicted molar refractivity (Wildman–Crippen MR) is 49.7 cm³/mol. The van der Waals surface area contributed by atoms with E-state index in [1.165, 1.54) is 0 Å². The third-order valence-electron chi connectivity index (χ3n) is 3.06. The van der Waals surface area contributed by atoms with E-state index in [0.717, 1.165) is 12.8 Å². The smallest absolute Gasteiger partial charge is 0.197 e. The van der Waals surface area contributed by atoms with Gasteiger partial charge in [-0.3, -0.25) is 0 Å². The van der Waals surface area contributed by atoms with E-state index in [0.29, 0.717) is 19.4 Å². The zero-order valence-electron chi connectivity index (χ0n) is 8.48. The van der Waals surface area contributed by atoms with Crippen molar-refractivity contribution < 1.29 is 19.7 Å². The van der Waals surface area contributed by atoms with E-state index in [-0.39, 0.29) is 6.10 Å². The summed E-state index contributed by atoms with van der Waals surface area (Å²) >= 11 is 0. The molecule has 2 fully saturated rings. The summed E-state index contributed by atoms with van der Waals surface area (Å²) < 4.78 is 11.2. The standard InChI is InChI=1S/C10H18O4/c1-7-6-8(11)9(12)10(14-7)4-2-3-5-13-10/h7-9,11-12H,2-6H2,1H3/t7-,8-,9-,10+/m1/s1. The van der Waals surface area contributed by atoms with Crippen LogP contribution >= 0.6 is 0 Å². The van der Waals surface area contributed by atoms with Crippen LogP contribution in [0.2, 0.25) is 0 Å². The topological polar surface area (TPSA) is 58.9 Å². The van der Waals surface area contributed by atoms with Gasteiger partial charge in [-0.15, -0.1) is 0 Å². The van der Waals surface area contributed by atoms with Gasteiger partial charge in [-0.1, -0.05) is 0 Å². The van der Waals surface area contributed by atoms with Crippen molar-refractivity contribution in [1.29, 1.82) is 0 Å². The van der Waals surface area contributed by atoms with Crippen LogP contribution in [0.3, 0.4) is 0 Å². The predicted octanol–water partition coefficient (Wildman–Crippen LogP) is 0.414. The third-order valence-corrected chi connectivity index (χ3v) is 3.06. The number of hydrogen-bond donors (Lipinski definition) is 2. The molecule has 1 spiro atoms. The van der Waals surface area contributed by atoms with E-state index in [4.69, 9.17) is 9.47 Å². The van der Waals surface area contributed by atoms with Crippen LogP contribution in [0.5, 0.6) is 0 Å². The fourth-order valence-corrected chi connectivity index (χ4v) is 2.34. The molecule has 82 valence electrons. The van der Waals surface area contributed by atoms with Gasteiger partial charge in [-0.25, -0.2) is 0 Å². The largest absolute Gasteiger partial charge is 0.390 e. The van der Waals surface area contributed by atoms with E-state index in [2.05, 4.69) is 0 Å². The molecule has 2 saturated heterocycles. The van der Waals surface area contributed by atoms with Crippen molar-refractivity contribution in [1.82, 2.24) is 0 Å². The molecule has 2 N–H and O–H groups in total. The minimum Gasteiger partial charge on any atom is -0.390 e. The number of ether oxygens (including phenoxy) is 2. The van der Waals surface area contributed by atoms with Crippen molar-refractivity contribution in [2.24, 2.45) is 0 Å². The maximum Gasteiger partial charge on any atom is 0.197 e. The lowest BCUT2D eigenvalue weighted by Crippen LogP contribution is -2.60. The molecule has 0 radical (unpaired) electrons. The van der Waals surface area contributed by atoms with Crippen LogP contribution in [0.25, 0.3) is 0 Å². The molecule has 2 heterocycles. The molecular formula is C10H18O4. The minimum atomic E-state index is -0.935. The van der Waals surface area contributed by atoms with Crippen molar-refractivity contribution in [3.8, 4) is 0 Å². The second-order valence-electron chi connectivity index (χ2n) is 4.29. The molecule has 4 atom stereocenters. The highest BCUT2D eigenvalue weighted by Gasteiger charge is 2.49. The van der Waals surface area contributed by atoms with E-state index in [1.54, 1.807) is 0 Å². The van der Waals surface area contributed by atoms with Crippen LogP contribution in [0.15, 0.2) is 0 Å². The van der Waals surface area contributed by atoms with E-state index in [1.807, 2.05) is 6.92 Å². The summed E-state index contributed by atoms with van der Waals surface area (Å²) in [5.74, 6) is -0.935. The van der Waals surface area contributed by atoms with Gasteiger partial charge in [0.1, 0.15) is 6.10 Å². The summed E-state index contributed by atoms with van der Waals surface area (Å²) in [6, 6.07) is 0. The van der Waals surface area contributed by atoms with Gasteiger partial charge in [-0.05, 0) is 19.8 Å². The number of hydrogen-bond acceptors (Lipinski definition) is 4. The molecule has 0 amide bonds. The minimum absolute atomic E-state index is 0.0495. The number of aliphatic hydroxyl groups is 2. The van der Waals surface area contributed by atoms with Gasteiger partial charge in [-0.2, -0.15) is 0 Å². The maximum atomic E-state index is 9.87. The van der Waals surface area contributed by atoms with Crippen LogP contribution in [-0.4, -0.2) is 40.9 Å². The zero-order valence-corrected chi connectivity index (χ0v) is 8.48. The highest BCUT2D eigenvalue weighted by molar-refractivity contribution is 4.92. The van der Waals surface area contributed by atoms with Crippen molar-refractivity contribution in [3.05, 3.63) is 0 Å². The van der Waals surface area contributed by atoms with E-state index < -0.39 is 18.0 Å². The van der Waals surface area contributed by atoms with E-state index >= 15 is 0 Å². The van der Waals surface area contributed by atoms with Crippen molar-refractivity contribution in [3.63, 3.8) is 0 Å². The van der Waals surface area contributed by atoms with Crippen LogP contribution in [0.1, 0.15) is 32.6 Å². The van der Waals surface area contributed by atoms with Gasteiger partial charge < -0.3 is 19.7 Å². The molecule has 0 aromatic carbocycles. The Morgan fingerprint density at radius 2 is 2.07 bits per heavy atom. The Bertz CT molecular complexity index is 200. The van der Waals surface area contributed by atoms with Crippen LogP contribution in [0, 0.1) is 0 Å². The van der Waals surface area contributed by atoms with Crippen LogP contribution in [0.4, 0.5) is 0 Å². The Hall–Kier alpha value is -0.160. The molecule has 2 aliphatic heterocycles. The van der Waals surface area contributed by atoms with Gasteiger partial charge >= 0.3 is 0 Å². The first-order chi connectivity index (χ1) is 6.64. The quantitative estimate of drug-likeness (QED) is 0.597. The molecule has 0 aromatic rings. The summed E-state index contributed by atoms with van der Waals surface area (Å²) in [7, 11) is 0. The summed E-state index contributed by atoms with van der Waals surface area (Å²) in [6.45, 7) is 2.51.